The second-order valence-electron chi connectivity index (χ2n) is 4.00. The smallest absolute Gasteiger partial charge is 0.337 e. The molecule has 5 nitrogen and oxygen atoms in total. The molecule has 2 rings (SSSR count). The van der Waals surface area contributed by atoms with E-state index in [0.717, 1.165) is 5.69 Å². The van der Waals surface area contributed by atoms with Gasteiger partial charge in [-0.2, -0.15) is 0 Å². The first-order valence-electron chi connectivity index (χ1n) is 5.39. The molecule has 1 amide bonds. The summed E-state index contributed by atoms with van der Waals surface area (Å²) in [6, 6.07) is 7.05. The van der Waals surface area contributed by atoms with E-state index in [1.54, 1.807) is 29.3 Å². The first-order chi connectivity index (χ1) is 8.11. The Bertz CT molecular complexity index is 442. The normalized spacial score (nSPS) is 19.1. The van der Waals surface area contributed by atoms with Gasteiger partial charge in [0.1, 0.15) is 0 Å². The molecule has 1 saturated heterocycles. The van der Waals surface area contributed by atoms with Crippen molar-refractivity contribution in [1.82, 2.24) is 5.43 Å². The number of hydrogen-bond donors (Lipinski definition) is 1. The quantitative estimate of drug-likeness (QED) is 0.778. The van der Waals surface area contributed by atoms with Gasteiger partial charge in [-0.25, -0.2) is 4.79 Å². The van der Waals surface area contributed by atoms with E-state index in [1.807, 2.05) is 6.92 Å². The summed E-state index contributed by atoms with van der Waals surface area (Å²) >= 11 is 0. The van der Waals surface area contributed by atoms with Gasteiger partial charge in [-0.3, -0.25) is 15.2 Å². The van der Waals surface area contributed by atoms with Gasteiger partial charge in [0.25, 0.3) is 0 Å². The molecular formula is C12H14N2O3. The number of carbonyl (C=O) groups is 2. The zero-order valence-corrected chi connectivity index (χ0v) is 9.77. The molecule has 1 atom stereocenters. The summed E-state index contributed by atoms with van der Waals surface area (Å²) in [4.78, 5) is 22.5. The van der Waals surface area contributed by atoms with Crippen molar-refractivity contribution in [2.24, 2.45) is 0 Å². The number of methoxy groups -OCH3 is 1. The molecule has 0 radical (unpaired) electrons. The number of nitrogens with one attached hydrogen (secondary N) is 1. The van der Waals surface area contributed by atoms with Crippen LogP contribution in [-0.4, -0.2) is 25.0 Å². The van der Waals surface area contributed by atoms with Gasteiger partial charge in [0, 0.05) is 0 Å². The number of benzene rings is 1. The van der Waals surface area contributed by atoms with E-state index in [2.05, 4.69) is 10.2 Å². The minimum atomic E-state index is -0.366. The molecule has 0 aromatic heterocycles. The number of hydrogen-bond acceptors (Lipinski definition) is 4. The molecule has 0 aliphatic carbocycles. The SMILES string of the molecule is COC(=O)c1ccc(N2NC(=O)CC2C)cc1. The highest BCUT2D eigenvalue weighted by atomic mass is 16.5. The minimum absolute atomic E-state index is 0.00884. The monoisotopic (exact) mass is 234 g/mol. The number of amides is 1. The summed E-state index contributed by atoms with van der Waals surface area (Å²) in [7, 11) is 1.35. The summed E-state index contributed by atoms with van der Waals surface area (Å²) in [5.41, 5.74) is 4.11. The van der Waals surface area contributed by atoms with Crippen molar-refractivity contribution in [3.63, 3.8) is 0 Å². The van der Waals surface area contributed by atoms with Gasteiger partial charge in [-0.05, 0) is 31.2 Å². The fourth-order valence-electron chi connectivity index (χ4n) is 1.84. The Hall–Kier alpha value is -2.04. The van der Waals surface area contributed by atoms with Crippen LogP contribution in [0.1, 0.15) is 23.7 Å². The molecule has 90 valence electrons. The van der Waals surface area contributed by atoms with Crippen LogP contribution in [0.5, 0.6) is 0 Å². The number of nitrogens with zero attached hydrogens (tertiary/aromatic N) is 1. The summed E-state index contributed by atoms with van der Waals surface area (Å²) in [5.74, 6) is -0.357. The molecule has 0 bridgehead atoms. The van der Waals surface area contributed by atoms with E-state index < -0.39 is 0 Å². The third kappa shape index (κ3) is 2.22. The lowest BCUT2D eigenvalue weighted by Crippen LogP contribution is -2.37. The number of rotatable bonds is 2. The second-order valence-corrected chi connectivity index (χ2v) is 4.00. The van der Waals surface area contributed by atoms with Crippen LogP contribution in [-0.2, 0) is 9.53 Å². The lowest BCUT2D eigenvalue weighted by Gasteiger charge is -2.22. The van der Waals surface area contributed by atoms with Crippen molar-refractivity contribution in [2.45, 2.75) is 19.4 Å². The second kappa shape index (κ2) is 4.45. The number of esters is 1. The van der Waals surface area contributed by atoms with Crippen molar-refractivity contribution in [3.05, 3.63) is 29.8 Å². The van der Waals surface area contributed by atoms with Crippen molar-refractivity contribution >= 4 is 17.6 Å². The highest BCUT2D eigenvalue weighted by Gasteiger charge is 2.26. The van der Waals surface area contributed by atoms with Crippen LogP contribution in [0, 0.1) is 0 Å². The molecule has 1 N–H and O–H groups in total. The molecule has 5 heteroatoms. The van der Waals surface area contributed by atoms with Gasteiger partial charge in [-0.1, -0.05) is 0 Å². The molecule has 0 spiro atoms. The molecule has 1 aliphatic heterocycles. The fourth-order valence-corrected chi connectivity index (χ4v) is 1.84. The largest absolute Gasteiger partial charge is 0.465 e. The maximum absolute atomic E-state index is 11.3. The molecule has 1 heterocycles. The molecule has 17 heavy (non-hydrogen) atoms. The number of anilines is 1. The van der Waals surface area contributed by atoms with Crippen LogP contribution in [0.4, 0.5) is 5.69 Å². The Morgan fingerprint density at radius 3 is 2.53 bits per heavy atom. The van der Waals surface area contributed by atoms with E-state index in [9.17, 15) is 9.59 Å². The maximum atomic E-state index is 11.3. The molecule has 1 aromatic rings. The predicted octanol–water partition coefficient (Wildman–Crippen LogP) is 1.10. The summed E-state index contributed by atoms with van der Waals surface area (Å²) in [6.07, 6.45) is 0.485. The fraction of sp³-hybridized carbons (Fsp3) is 0.333. The molecule has 1 aromatic carbocycles. The average molecular weight is 234 g/mol. The molecule has 0 saturated carbocycles. The van der Waals surface area contributed by atoms with Crippen LogP contribution in [0.3, 0.4) is 0 Å². The summed E-state index contributed by atoms with van der Waals surface area (Å²) in [6.45, 7) is 1.96. The van der Waals surface area contributed by atoms with E-state index in [4.69, 9.17) is 0 Å². The van der Waals surface area contributed by atoms with Crippen LogP contribution in [0.15, 0.2) is 24.3 Å². The van der Waals surface area contributed by atoms with Crippen molar-refractivity contribution in [2.75, 3.05) is 12.1 Å². The van der Waals surface area contributed by atoms with E-state index >= 15 is 0 Å². The van der Waals surface area contributed by atoms with Gasteiger partial charge in [0.2, 0.25) is 5.91 Å². The lowest BCUT2D eigenvalue weighted by atomic mass is 10.2. The summed E-state index contributed by atoms with van der Waals surface area (Å²) < 4.78 is 4.62. The van der Waals surface area contributed by atoms with E-state index in [0.29, 0.717) is 12.0 Å². The number of ether oxygens (including phenoxy) is 1. The molecule has 1 aliphatic rings. The minimum Gasteiger partial charge on any atom is -0.465 e. The van der Waals surface area contributed by atoms with Crippen LogP contribution in [0.2, 0.25) is 0 Å². The Morgan fingerprint density at radius 2 is 2.06 bits per heavy atom. The Balaban J connectivity index is 2.18. The average Bonchev–Trinajstić information content (AvgIpc) is 2.68. The lowest BCUT2D eigenvalue weighted by molar-refractivity contribution is -0.119. The predicted molar refractivity (Wildman–Crippen MR) is 62.5 cm³/mol. The number of hydrazine groups is 1. The van der Waals surface area contributed by atoms with Crippen molar-refractivity contribution < 1.29 is 14.3 Å². The van der Waals surface area contributed by atoms with Crippen LogP contribution >= 0.6 is 0 Å². The highest BCUT2D eigenvalue weighted by molar-refractivity contribution is 5.90. The van der Waals surface area contributed by atoms with E-state index in [1.165, 1.54) is 7.11 Å². The third-order valence-corrected chi connectivity index (χ3v) is 2.73. The summed E-state index contributed by atoms with van der Waals surface area (Å²) in [5, 5.41) is 1.80. The third-order valence-electron chi connectivity index (χ3n) is 2.73. The Kier molecular flexibility index (Phi) is 2.99. The Labute approximate surface area is 99.3 Å². The number of carbonyl (C=O) groups excluding carboxylic acids is 2. The highest BCUT2D eigenvalue weighted by Crippen LogP contribution is 2.21. The van der Waals surface area contributed by atoms with Crippen molar-refractivity contribution in [3.8, 4) is 0 Å². The van der Waals surface area contributed by atoms with Crippen LogP contribution in [0.25, 0.3) is 0 Å². The molecular weight excluding hydrogens is 220 g/mol. The van der Waals surface area contributed by atoms with Crippen molar-refractivity contribution in [1.29, 1.82) is 0 Å². The van der Waals surface area contributed by atoms with Gasteiger partial charge in [0.15, 0.2) is 0 Å². The standard InChI is InChI=1S/C12H14N2O3/c1-8-7-11(15)13-14(8)10-5-3-9(4-6-10)12(16)17-2/h3-6,8H,7H2,1-2H3,(H,13,15). The topological polar surface area (TPSA) is 58.6 Å². The van der Waals surface area contributed by atoms with Gasteiger partial charge in [-0.15, -0.1) is 0 Å². The zero-order chi connectivity index (χ0) is 12.4. The van der Waals surface area contributed by atoms with Gasteiger partial charge < -0.3 is 4.74 Å². The maximum Gasteiger partial charge on any atom is 0.337 e. The molecule has 1 unspecified atom stereocenters. The van der Waals surface area contributed by atoms with E-state index in [-0.39, 0.29) is 17.9 Å². The van der Waals surface area contributed by atoms with Gasteiger partial charge >= 0.3 is 5.97 Å². The first-order valence-corrected chi connectivity index (χ1v) is 5.39. The van der Waals surface area contributed by atoms with Gasteiger partial charge in [0.05, 0.1) is 30.8 Å². The molecule has 1 fully saturated rings. The van der Waals surface area contributed by atoms with Crippen LogP contribution < -0.4 is 10.4 Å². The zero-order valence-electron chi connectivity index (χ0n) is 9.77. The first kappa shape index (κ1) is 11.4. The Morgan fingerprint density at radius 1 is 1.41 bits per heavy atom.